The maximum atomic E-state index is 7.33. The summed E-state index contributed by atoms with van der Waals surface area (Å²) in [6.45, 7) is 5.28. The lowest BCUT2D eigenvalue weighted by Crippen LogP contribution is -2.14. The van der Waals surface area contributed by atoms with E-state index in [9.17, 15) is 0 Å². The highest BCUT2D eigenvalue weighted by Gasteiger charge is 2.34. The lowest BCUT2D eigenvalue weighted by atomic mass is 9.76. The van der Waals surface area contributed by atoms with Crippen molar-refractivity contribution in [1.29, 1.82) is 0 Å². The number of hydrogen-bond acceptors (Lipinski definition) is 2. The molecule has 0 fully saturated rings. The zero-order valence-corrected chi connectivity index (χ0v) is 25.8. The number of ether oxygens (including phenoxy) is 2. The molecule has 0 radical (unpaired) electrons. The van der Waals surface area contributed by atoms with Gasteiger partial charge in [0, 0.05) is 39.1 Å². The largest absolute Gasteiger partial charge is 0.369 e. The molecule has 0 bridgehead atoms. The summed E-state index contributed by atoms with van der Waals surface area (Å²) in [4.78, 5) is 0. The van der Waals surface area contributed by atoms with E-state index in [1.807, 2.05) is 19.1 Å². The second kappa shape index (κ2) is 9.32. The summed E-state index contributed by atoms with van der Waals surface area (Å²) >= 11 is 21.2. The molecule has 9 rings (SSSR count). The smallest absolute Gasteiger partial charge is 0.109 e. The van der Waals surface area contributed by atoms with Crippen molar-refractivity contribution in [2.75, 3.05) is 13.2 Å². The first-order valence-corrected chi connectivity index (χ1v) is 15.9. The Hall–Kier alpha value is -3.37. The van der Waals surface area contributed by atoms with Crippen LogP contribution in [0.4, 0.5) is 0 Å². The normalized spacial score (nSPS) is 16.9. The summed E-state index contributed by atoms with van der Waals surface area (Å²) in [7, 11) is 0. The quantitative estimate of drug-likeness (QED) is 0.144. The van der Waals surface area contributed by atoms with Crippen LogP contribution < -0.4 is 0 Å². The van der Waals surface area contributed by atoms with Crippen molar-refractivity contribution in [3.05, 3.63) is 116 Å². The molecule has 43 heavy (non-hydrogen) atoms. The minimum atomic E-state index is -0.232. The average molecular weight is 620 g/mol. The van der Waals surface area contributed by atoms with Gasteiger partial charge in [-0.2, -0.15) is 0 Å². The zero-order valence-electron chi connectivity index (χ0n) is 23.5. The van der Waals surface area contributed by atoms with Crippen molar-refractivity contribution in [1.82, 2.24) is 0 Å². The van der Waals surface area contributed by atoms with Gasteiger partial charge in [-0.25, -0.2) is 0 Å². The minimum Gasteiger partial charge on any atom is -0.369 e. The molecule has 2 aliphatic carbocycles. The second-order valence-corrected chi connectivity index (χ2v) is 12.7. The molecule has 2 aliphatic rings. The molecule has 5 heteroatoms. The van der Waals surface area contributed by atoms with Crippen LogP contribution >= 0.6 is 34.8 Å². The van der Waals surface area contributed by atoms with Crippen LogP contribution in [-0.4, -0.2) is 13.2 Å². The van der Waals surface area contributed by atoms with Gasteiger partial charge in [0.1, 0.15) is 12.2 Å². The monoisotopic (exact) mass is 618 g/mol. The third kappa shape index (κ3) is 3.34. The summed E-state index contributed by atoms with van der Waals surface area (Å²) < 4.78 is 12.8. The van der Waals surface area contributed by atoms with Crippen LogP contribution in [-0.2, 0) is 9.47 Å². The third-order valence-electron chi connectivity index (χ3n) is 9.43. The number of halogens is 3. The Bertz CT molecular complexity index is 2320. The van der Waals surface area contributed by atoms with Crippen LogP contribution in [0, 0.1) is 0 Å². The average Bonchev–Trinajstić information content (AvgIpc) is 3.01. The van der Waals surface area contributed by atoms with E-state index in [1.54, 1.807) is 0 Å². The van der Waals surface area contributed by atoms with E-state index in [0.29, 0.717) is 28.3 Å². The van der Waals surface area contributed by atoms with E-state index in [1.165, 1.54) is 16.5 Å². The number of fused-ring (bicyclic) bond motifs is 6. The van der Waals surface area contributed by atoms with E-state index >= 15 is 0 Å². The molecule has 0 N–H and O–H groups in total. The summed E-state index contributed by atoms with van der Waals surface area (Å²) in [6, 6.07) is 27.8. The Labute approximate surface area is 264 Å². The lowest BCUT2D eigenvalue weighted by Gasteiger charge is -2.32. The summed E-state index contributed by atoms with van der Waals surface area (Å²) in [5, 5.41) is 11.0. The SMILES string of the molecule is CCOC1c2ccccc2-c2cc(Cl)c3c4c(Cl)cc5c6c(ccc(c7ccc1c2c73)c64)C(OCC)c1cc(Cl)ccc1-5. The Balaban J connectivity index is 1.50. The lowest BCUT2D eigenvalue weighted by molar-refractivity contribution is 0.0921. The summed E-state index contributed by atoms with van der Waals surface area (Å²) in [5.41, 5.74) is 9.02. The first-order chi connectivity index (χ1) is 21.0. The molecule has 2 nitrogen and oxygen atoms in total. The first kappa shape index (κ1) is 26.1. The summed E-state index contributed by atoms with van der Waals surface area (Å²) in [5.74, 6) is 0. The van der Waals surface area contributed by atoms with E-state index in [0.717, 1.165) is 71.1 Å². The Morgan fingerprint density at radius 2 is 1.02 bits per heavy atom. The van der Waals surface area contributed by atoms with Crippen molar-refractivity contribution in [3.63, 3.8) is 0 Å². The van der Waals surface area contributed by atoms with E-state index in [-0.39, 0.29) is 12.2 Å². The van der Waals surface area contributed by atoms with Crippen molar-refractivity contribution in [3.8, 4) is 22.3 Å². The highest BCUT2D eigenvalue weighted by molar-refractivity contribution is 6.49. The van der Waals surface area contributed by atoms with Crippen LogP contribution in [0.5, 0.6) is 0 Å². The number of benzene rings is 7. The number of hydrogen-bond donors (Lipinski definition) is 0. The second-order valence-electron chi connectivity index (χ2n) is 11.5. The first-order valence-electron chi connectivity index (χ1n) is 14.7. The molecule has 7 aromatic rings. The highest BCUT2D eigenvalue weighted by Crippen LogP contribution is 2.57. The van der Waals surface area contributed by atoms with Gasteiger partial charge in [0.15, 0.2) is 0 Å². The maximum absolute atomic E-state index is 7.33. The van der Waals surface area contributed by atoms with Gasteiger partial charge in [-0.1, -0.05) is 89.4 Å². The molecular weight excluding hydrogens is 595 g/mol. The highest BCUT2D eigenvalue weighted by atomic mass is 35.5. The van der Waals surface area contributed by atoms with Gasteiger partial charge < -0.3 is 9.47 Å². The molecule has 0 aromatic heterocycles. The topological polar surface area (TPSA) is 18.5 Å². The van der Waals surface area contributed by atoms with Gasteiger partial charge in [-0.3, -0.25) is 0 Å². The van der Waals surface area contributed by atoms with Gasteiger partial charge >= 0.3 is 0 Å². The van der Waals surface area contributed by atoms with Crippen LogP contribution in [0.25, 0.3) is 65.3 Å². The molecule has 0 saturated heterocycles. The van der Waals surface area contributed by atoms with Crippen molar-refractivity contribution >= 4 is 77.9 Å². The molecule has 0 spiro atoms. The number of rotatable bonds is 4. The Morgan fingerprint density at radius 3 is 1.60 bits per heavy atom. The van der Waals surface area contributed by atoms with E-state index in [2.05, 4.69) is 73.7 Å². The zero-order chi connectivity index (χ0) is 29.1. The summed E-state index contributed by atoms with van der Waals surface area (Å²) in [6.07, 6.45) is -0.385. The molecule has 2 unspecified atom stereocenters. The minimum absolute atomic E-state index is 0.153. The fraction of sp³-hybridized carbons (Fsp3) is 0.158. The Kier molecular flexibility index (Phi) is 5.65. The fourth-order valence-corrected chi connectivity index (χ4v) is 8.69. The van der Waals surface area contributed by atoms with Crippen LogP contribution in [0.3, 0.4) is 0 Å². The molecule has 0 saturated carbocycles. The molecule has 210 valence electrons. The van der Waals surface area contributed by atoms with E-state index < -0.39 is 0 Å². The van der Waals surface area contributed by atoms with E-state index in [4.69, 9.17) is 44.3 Å². The fourth-order valence-electron chi connectivity index (χ4n) is 7.91. The molecule has 7 aromatic carbocycles. The Morgan fingerprint density at radius 1 is 0.488 bits per heavy atom. The maximum Gasteiger partial charge on any atom is 0.109 e. The predicted molar refractivity (Wildman–Crippen MR) is 180 cm³/mol. The molecule has 0 aliphatic heterocycles. The molecule has 0 heterocycles. The van der Waals surface area contributed by atoms with Crippen molar-refractivity contribution < 1.29 is 9.47 Å². The van der Waals surface area contributed by atoms with Crippen LogP contribution in [0.1, 0.15) is 48.3 Å². The van der Waals surface area contributed by atoms with Gasteiger partial charge in [0.05, 0.1) is 0 Å². The standard InChI is InChI=1S/C38H25Cl3O2/c1-3-42-37-23-8-6-5-7-19(23)26-16-29(40)35-33-21(11-13-24(37)31(26)33)22-12-14-25-32-27(17-30(41)36(35)34(22)32)20-10-9-18(39)15-28(20)38(25)43-4-2/h5-17,37-38H,3-4H2,1-2H3. The van der Waals surface area contributed by atoms with Crippen molar-refractivity contribution in [2.45, 2.75) is 26.1 Å². The third-order valence-corrected chi connectivity index (χ3v) is 10.3. The molecular formula is C38H25Cl3O2. The van der Waals surface area contributed by atoms with Crippen LogP contribution in [0.15, 0.2) is 78.9 Å². The van der Waals surface area contributed by atoms with Crippen LogP contribution in [0.2, 0.25) is 15.1 Å². The predicted octanol–water partition coefficient (Wildman–Crippen LogP) is 11.9. The van der Waals surface area contributed by atoms with Gasteiger partial charge in [-0.05, 0) is 115 Å². The molecule has 0 amide bonds. The molecule has 2 atom stereocenters. The van der Waals surface area contributed by atoms with Gasteiger partial charge in [-0.15, -0.1) is 0 Å². The van der Waals surface area contributed by atoms with Gasteiger partial charge in [0.2, 0.25) is 0 Å². The van der Waals surface area contributed by atoms with Crippen molar-refractivity contribution in [2.24, 2.45) is 0 Å². The van der Waals surface area contributed by atoms with Gasteiger partial charge in [0.25, 0.3) is 0 Å².